The van der Waals surface area contributed by atoms with Gasteiger partial charge in [-0.05, 0) is 37.3 Å². The molecule has 0 aliphatic rings. The number of nitrogen functional groups attached to an aromatic ring is 2. The molecule has 3 heterocycles. The first-order valence-electron chi connectivity index (χ1n) is 7.89. The zero-order valence-electron chi connectivity index (χ0n) is 13.9. The quantitative estimate of drug-likeness (QED) is 0.252. The van der Waals surface area contributed by atoms with Crippen molar-refractivity contribution in [1.82, 2.24) is 15.0 Å². The van der Waals surface area contributed by atoms with E-state index in [9.17, 15) is 4.79 Å². The van der Waals surface area contributed by atoms with Gasteiger partial charge in [-0.25, -0.2) is 9.97 Å². The second-order valence-electron chi connectivity index (χ2n) is 5.83. The number of benzene rings is 1. The average molecular weight is 364 g/mol. The van der Waals surface area contributed by atoms with E-state index in [1.807, 2.05) is 31.2 Å². The maximum absolute atomic E-state index is 11.7. The predicted octanol–water partition coefficient (Wildman–Crippen LogP) is 2.89. The highest BCUT2D eigenvalue weighted by molar-refractivity contribution is 7.15. The number of hydrogen-bond acceptors (Lipinski definition) is 7. The van der Waals surface area contributed by atoms with Crippen LogP contribution in [-0.4, -0.2) is 15.0 Å². The van der Waals surface area contributed by atoms with Gasteiger partial charge in [-0.1, -0.05) is 6.07 Å². The van der Waals surface area contributed by atoms with Crippen LogP contribution in [0.3, 0.4) is 0 Å². The molecule has 0 saturated carbocycles. The van der Waals surface area contributed by atoms with E-state index < -0.39 is 0 Å². The summed E-state index contributed by atoms with van der Waals surface area (Å²) in [7, 11) is 0. The lowest BCUT2D eigenvalue weighted by atomic mass is 10.1. The molecule has 130 valence electrons. The molecule has 0 aliphatic carbocycles. The third kappa shape index (κ3) is 2.81. The molecule has 0 spiro atoms. The Labute approximate surface area is 152 Å². The summed E-state index contributed by atoms with van der Waals surface area (Å²) in [5, 5.41) is 0. The second kappa shape index (κ2) is 6.25. The monoisotopic (exact) mass is 364 g/mol. The summed E-state index contributed by atoms with van der Waals surface area (Å²) in [5.74, 6) is 5.55. The Kier molecular flexibility index (Phi) is 3.90. The van der Waals surface area contributed by atoms with E-state index >= 15 is 0 Å². The van der Waals surface area contributed by atoms with Gasteiger partial charge in [0.25, 0.3) is 0 Å². The highest BCUT2D eigenvalue weighted by Crippen LogP contribution is 2.36. The van der Waals surface area contributed by atoms with Crippen LogP contribution in [0.1, 0.15) is 4.88 Å². The maximum atomic E-state index is 11.7. The zero-order chi connectivity index (χ0) is 18.3. The van der Waals surface area contributed by atoms with Crippen molar-refractivity contribution in [1.29, 1.82) is 0 Å². The summed E-state index contributed by atoms with van der Waals surface area (Å²) in [6.07, 6.45) is 0. The van der Waals surface area contributed by atoms with Crippen LogP contribution >= 0.6 is 11.3 Å². The number of rotatable bonds is 3. The molecule has 6 N–H and O–H groups in total. The number of pyridine rings is 1. The van der Waals surface area contributed by atoms with Crippen molar-refractivity contribution < 1.29 is 0 Å². The van der Waals surface area contributed by atoms with E-state index in [-0.39, 0.29) is 5.56 Å². The van der Waals surface area contributed by atoms with E-state index in [2.05, 4.69) is 15.4 Å². The van der Waals surface area contributed by atoms with Gasteiger partial charge in [0.1, 0.15) is 11.2 Å². The molecule has 0 aliphatic heterocycles. The van der Waals surface area contributed by atoms with Crippen LogP contribution in [0, 0.1) is 6.92 Å². The first-order valence-corrected chi connectivity index (χ1v) is 8.71. The van der Waals surface area contributed by atoms with Crippen molar-refractivity contribution in [3.63, 3.8) is 0 Å². The minimum atomic E-state index is -0.213. The SMILES string of the molecule is Cc1ccc(-c2nc3[nH]c(=O)ccc3nc2-c2ccc(N)c(NN)c2)s1. The number of hydrogen-bond donors (Lipinski definition) is 4. The van der Waals surface area contributed by atoms with Crippen LogP contribution in [0.25, 0.3) is 33.0 Å². The van der Waals surface area contributed by atoms with Crippen LogP contribution in [0.15, 0.2) is 47.3 Å². The van der Waals surface area contributed by atoms with Gasteiger partial charge in [0.05, 0.1) is 21.9 Å². The van der Waals surface area contributed by atoms with Crippen LogP contribution in [0.5, 0.6) is 0 Å². The molecule has 0 amide bonds. The van der Waals surface area contributed by atoms with E-state index in [0.29, 0.717) is 33.9 Å². The Balaban J connectivity index is 2.03. The number of H-pyrrole nitrogens is 1. The number of aryl methyl sites for hydroxylation is 1. The number of thiophene rings is 1. The van der Waals surface area contributed by atoms with Crippen molar-refractivity contribution in [2.45, 2.75) is 6.92 Å². The number of nitrogens with two attached hydrogens (primary N) is 2. The Morgan fingerprint density at radius 1 is 1.08 bits per heavy atom. The molecule has 0 atom stereocenters. The summed E-state index contributed by atoms with van der Waals surface area (Å²) in [6, 6.07) is 12.6. The van der Waals surface area contributed by atoms with Crippen LogP contribution in [0.2, 0.25) is 0 Å². The molecule has 0 fully saturated rings. The van der Waals surface area contributed by atoms with Gasteiger partial charge in [-0.3, -0.25) is 10.6 Å². The molecule has 4 rings (SSSR count). The molecule has 0 bridgehead atoms. The third-order valence-electron chi connectivity index (χ3n) is 4.01. The van der Waals surface area contributed by atoms with Crippen molar-refractivity contribution in [3.05, 3.63) is 57.7 Å². The summed E-state index contributed by atoms with van der Waals surface area (Å²) in [4.78, 5) is 26.0. The van der Waals surface area contributed by atoms with Gasteiger partial charge in [-0.2, -0.15) is 0 Å². The lowest BCUT2D eigenvalue weighted by molar-refractivity contribution is 1.20. The van der Waals surface area contributed by atoms with Gasteiger partial charge in [0, 0.05) is 16.5 Å². The molecular formula is C18H16N6OS. The number of aromatic nitrogens is 3. The molecule has 1 aromatic carbocycles. The molecule has 0 saturated heterocycles. The smallest absolute Gasteiger partial charge is 0.249 e. The standard InChI is InChI=1S/C18H16N6OS/c1-9-2-6-14(26-9)17-16(10-3-4-11(19)13(8-10)24-20)21-12-5-7-15(25)22-18(12)23-17/h2-8,24H,19-20H2,1H3,(H,22,23,25). The number of nitrogens with one attached hydrogen (secondary N) is 2. The fourth-order valence-electron chi connectivity index (χ4n) is 2.73. The highest BCUT2D eigenvalue weighted by Gasteiger charge is 2.16. The van der Waals surface area contributed by atoms with Crippen molar-refractivity contribution >= 4 is 33.9 Å². The van der Waals surface area contributed by atoms with Gasteiger partial charge < -0.3 is 16.1 Å². The second-order valence-corrected chi connectivity index (χ2v) is 7.12. The average Bonchev–Trinajstić information content (AvgIpc) is 3.07. The van der Waals surface area contributed by atoms with Gasteiger partial charge in [-0.15, -0.1) is 11.3 Å². The Hall–Kier alpha value is -3.23. The molecule has 26 heavy (non-hydrogen) atoms. The molecule has 0 unspecified atom stereocenters. The minimum Gasteiger partial charge on any atom is -0.397 e. The van der Waals surface area contributed by atoms with Crippen molar-refractivity contribution in [2.75, 3.05) is 11.2 Å². The van der Waals surface area contributed by atoms with E-state index in [1.54, 1.807) is 23.5 Å². The first-order chi connectivity index (χ1) is 12.5. The number of aromatic amines is 1. The maximum Gasteiger partial charge on any atom is 0.249 e. The summed E-state index contributed by atoms with van der Waals surface area (Å²) in [6.45, 7) is 2.03. The molecule has 7 nitrogen and oxygen atoms in total. The molecule has 8 heteroatoms. The topological polar surface area (TPSA) is 123 Å². The normalized spacial score (nSPS) is 11.0. The summed E-state index contributed by atoms with van der Waals surface area (Å²) in [5.41, 5.74) is 12.7. The van der Waals surface area contributed by atoms with E-state index in [4.69, 9.17) is 16.6 Å². The lowest BCUT2D eigenvalue weighted by Crippen LogP contribution is -2.09. The first kappa shape index (κ1) is 16.2. The molecule has 4 aromatic rings. The van der Waals surface area contributed by atoms with Crippen LogP contribution in [0.4, 0.5) is 11.4 Å². The van der Waals surface area contributed by atoms with Crippen LogP contribution < -0.4 is 22.6 Å². The molecular weight excluding hydrogens is 348 g/mol. The highest BCUT2D eigenvalue weighted by atomic mass is 32.1. The molecule has 0 radical (unpaired) electrons. The summed E-state index contributed by atoms with van der Waals surface area (Å²) < 4.78 is 0. The molecule has 3 aromatic heterocycles. The fourth-order valence-corrected chi connectivity index (χ4v) is 3.59. The van der Waals surface area contributed by atoms with Gasteiger partial charge >= 0.3 is 0 Å². The minimum absolute atomic E-state index is 0.213. The number of anilines is 2. The fraction of sp³-hybridized carbons (Fsp3) is 0.0556. The van der Waals surface area contributed by atoms with Gasteiger partial charge in [0.2, 0.25) is 5.56 Å². The Morgan fingerprint density at radius 2 is 1.92 bits per heavy atom. The van der Waals surface area contributed by atoms with Crippen molar-refractivity contribution in [2.24, 2.45) is 5.84 Å². The number of fused-ring (bicyclic) bond motifs is 1. The van der Waals surface area contributed by atoms with Gasteiger partial charge in [0.15, 0.2) is 5.65 Å². The third-order valence-corrected chi connectivity index (χ3v) is 5.02. The van der Waals surface area contributed by atoms with E-state index in [1.165, 1.54) is 6.07 Å². The van der Waals surface area contributed by atoms with Crippen LogP contribution in [-0.2, 0) is 0 Å². The number of nitrogens with zero attached hydrogens (tertiary/aromatic N) is 2. The lowest BCUT2D eigenvalue weighted by Gasteiger charge is -2.11. The summed E-state index contributed by atoms with van der Waals surface area (Å²) >= 11 is 1.62. The predicted molar refractivity (Wildman–Crippen MR) is 106 cm³/mol. The zero-order valence-corrected chi connectivity index (χ0v) is 14.7. The van der Waals surface area contributed by atoms with E-state index in [0.717, 1.165) is 15.3 Å². The Bertz CT molecular complexity index is 1180. The number of hydrazine groups is 1. The largest absolute Gasteiger partial charge is 0.397 e. The van der Waals surface area contributed by atoms with Crippen molar-refractivity contribution in [3.8, 4) is 21.8 Å². The Morgan fingerprint density at radius 3 is 2.65 bits per heavy atom.